The van der Waals surface area contributed by atoms with Gasteiger partial charge in [-0.25, -0.2) is 4.79 Å². The predicted octanol–water partition coefficient (Wildman–Crippen LogP) is 6.09. The van der Waals surface area contributed by atoms with E-state index in [1.807, 2.05) is 38.1 Å². The number of rotatable bonds is 9. The zero-order valence-corrected chi connectivity index (χ0v) is 22.4. The molecule has 2 N–H and O–H groups in total. The fraction of sp³-hybridized carbons (Fsp3) is 0.308. The molecule has 0 spiro atoms. The van der Waals surface area contributed by atoms with Crippen molar-refractivity contribution in [1.29, 1.82) is 0 Å². The summed E-state index contributed by atoms with van der Waals surface area (Å²) in [6.45, 7) is 4.05. The van der Waals surface area contributed by atoms with Gasteiger partial charge in [0.05, 0.1) is 16.1 Å². The van der Waals surface area contributed by atoms with E-state index in [0.29, 0.717) is 32.6 Å². The summed E-state index contributed by atoms with van der Waals surface area (Å²) < 4.78 is 12.1. The van der Waals surface area contributed by atoms with Crippen molar-refractivity contribution >= 4 is 37.8 Å². The molecular formula is C26H27Br2NO5. The smallest absolute Gasteiger partial charge is 0.335 e. The molecule has 0 aliphatic rings. The molecule has 6 nitrogen and oxygen atoms in total. The van der Waals surface area contributed by atoms with Crippen LogP contribution in [0.25, 0.3) is 0 Å². The highest BCUT2D eigenvalue weighted by atomic mass is 79.9. The van der Waals surface area contributed by atoms with Crippen LogP contribution in [0.4, 0.5) is 0 Å². The van der Waals surface area contributed by atoms with E-state index in [2.05, 4.69) is 41.6 Å². The molecule has 0 radical (unpaired) electrons. The summed E-state index contributed by atoms with van der Waals surface area (Å²) in [6.07, 6.45) is 3.80. The maximum atomic E-state index is 11.5. The minimum atomic E-state index is -1.25. The van der Waals surface area contributed by atoms with Crippen molar-refractivity contribution in [3.63, 3.8) is 0 Å². The second-order valence-electron chi connectivity index (χ2n) is 8.26. The van der Waals surface area contributed by atoms with Crippen LogP contribution in [0.3, 0.4) is 0 Å². The number of pyridine rings is 1. The summed E-state index contributed by atoms with van der Waals surface area (Å²) >= 11 is 7.07. The highest BCUT2D eigenvalue weighted by Gasteiger charge is 2.19. The number of esters is 1. The van der Waals surface area contributed by atoms with E-state index >= 15 is 0 Å². The first-order chi connectivity index (χ1) is 16.2. The Bertz CT molecular complexity index is 1130. The van der Waals surface area contributed by atoms with Crippen LogP contribution in [0.15, 0.2) is 57.7 Å². The molecule has 0 saturated heterocycles. The third-order valence-electron chi connectivity index (χ3n) is 5.43. The van der Waals surface area contributed by atoms with Crippen LogP contribution in [-0.2, 0) is 28.8 Å². The van der Waals surface area contributed by atoms with E-state index in [1.54, 1.807) is 24.5 Å². The number of phenols is 1. The van der Waals surface area contributed by atoms with Crippen molar-refractivity contribution in [2.75, 3.05) is 7.11 Å². The van der Waals surface area contributed by atoms with E-state index in [9.17, 15) is 15.0 Å². The molecule has 34 heavy (non-hydrogen) atoms. The first-order valence-corrected chi connectivity index (χ1v) is 12.4. The summed E-state index contributed by atoms with van der Waals surface area (Å²) in [4.78, 5) is 15.6. The molecule has 1 heterocycles. The largest absolute Gasteiger partial charge is 0.507 e. The molecule has 1 aromatic heterocycles. The Labute approximate surface area is 216 Å². The highest BCUT2D eigenvalue weighted by Crippen LogP contribution is 2.41. The molecule has 0 aliphatic carbocycles. The second kappa shape index (κ2) is 11.8. The number of carbonyl (C=O) groups excluding carboxylic acids is 1. The van der Waals surface area contributed by atoms with Gasteiger partial charge < -0.3 is 19.7 Å². The monoisotopic (exact) mass is 591 g/mol. The SMILES string of the molecule is COC(=O)C(O)Cc1cc(Br)c(Oc2cc(CCc3ccncc3)c(O)c(C(C)C)c2)c(Br)c1. The maximum Gasteiger partial charge on any atom is 0.335 e. The second-order valence-corrected chi connectivity index (χ2v) is 9.97. The van der Waals surface area contributed by atoms with E-state index in [-0.39, 0.29) is 12.3 Å². The number of aliphatic hydroxyl groups is 1. The van der Waals surface area contributed by atoms with Crippen molar-refractivity contribution < 1.29 is 24.5 Å². The lowest BCUT2D eigenvalue weighted by molar-refractivity contribution is -0.150. The van der Waals surface area contributed by atoms with Gasteiger partial charge in [0.2, 0.25) is 0 Å². The van der Waals surface area contributed by atoms with Gasteiger partial charge in [0.1, 0.15) is 11.5 Å². The molecule has 2 aromatic carbocycles. The van der Waals surface area contributed by atoms with Crippen LogP contribution in [0.2, 0.25) is 0 Å². The van der Waals surface area contributed by atoms with Gasteiger partial charge in [0.25, 0.3) is 0 Å². The van der Waals surface area contributed by atoms with Gasteiger partial charge in [-0.05, 0) is 104 Å². The number of nitrogens with zero attached hydrogens (tertiary/aromatic N) is 1. The van der Waals surface area contributed by atoms with E-state index < -0.39 is 12.1 Å². The number of benzene rings is 2. The summed E-state index contributed by atoms with van der Waals surface area (Å²) in [6, 6.07) is 11.2. The average Bonchev–Trinajstić information content (AvgIpc) is 2.81. The number of aromatic nitrogens is 1. The summed E-state index contributed by atoms with van der Waals surface area (Å²) in [5.74, 6) is 0.878. The summed E-state index contributed by atoms with van der Waals surface area (Å²) in [7, 11) is 1.24. The lowest BCUT2D eigenvalue weighted by atomic mass is 9.95. The number of carbonyl (C=O) groups is 1. The van der Waals surface area contributed by atoms with Crippen LogP contribution >= 0.6 is 31.9 Å². The van der Waals surface area contributed by atoms with Gasteiger partial charge in [-0.2, -0.15) is 0 Å². The van der Waals surface area contributed by atoms with E-state index in [1.165, 1.54) is 7.11 Å². The average molecular weight is 593 g/mol. The fourth-order valence-corrected chi connectivity index (χ4v) is 5.04. The van der Waals surface area contributed by atoms with Crippen LogP contribution in [0.5, 0.6) is 17.2 Å². The third-order valence-corrected chi connectivity index (χ3v) is 6.60. The number of aliphatic hydroxyl groups excluding tert-OH is 1. The van der Waals surface area contributed by atoms with Crippen molar-refractivity contribution in [3.05, 3.63) is 80.0 Å². The predicted molar refractivity (Wildman–Crippen MR) is 137 cm³/mol. The number of aromatic hydroxyl groups is 1. The zero-order chi connectivity index (χ0) is 24.8. The number of hydrogen-bond donors (Lipinski definition) is 2. The molecule has 0 bridgehead atoms. The summed E-state index contributed by atoms with van der Waals surface area (Å²) in [5.41, 5.74) is 3.49. The molecule has 0 fully saturated rings. The topological polar surface area (TPSA) is 88.9 Å². The minimum absolute atomic E-state index is 0.109. The molecule has 180 valence electrons. The number of hydrogen-bond acceptors (Lipinski definition) is 6. The fourth-order valence-electron chi connectivity index (χ4n) is 3.60. The van der Waals surface area contributed by atoms with Gasteiger partial charge in [0, 0.05) is 24.4 Å². The number of halogens is 2. The number of methoxy groups -OCH3 is 1. The lowest BCUT2D eigenvalue weighted by Gasteiger charge is -2.18. The Kier molecular flexibility index (Phi) is 9.10. The zero-order valence-electron chi connectivity index (χ0n) is 19.2. The molecule has 3 aromatic rings. The van der Waals surface area contributed by atoms with Gasteiger partial charge in [-0.3, -0.25) is 4.98 Å². The Morgan fingerprint density at radius 1 is 1.03 bits per heavy atom. The molecule has 1 unspecified atom stereocenters. The molecule has 0 amide bonds. The van der Waals surface area contributed by atoms with Gasteiger partial charge in [-0.1, -0.05) is 13.8 Å². The Balaban J connectivity index is 1.88. The van der Waals surface area contributed by atoms with E-state index in [4.69, 9.17) is 4.74 Å². The van der Waals surface area contributed by atoms with Crippen LogP contribution in [-0.4, -0.2) is 34.4 Å². The number of ether oxygens (including phenoxy) is 2. The van der Waals surface area contributed by atoms with Crippen LogP contribution < -0.4 is 4.74 Å². The maximum absolute atomic E-state index is 11.5. The standard InChI is InChI=1S/C26H27Br2NO5/c1-15(2)20-14-19(13-18(24(20)31)5-4-16-6-8-29-9-7-16)34-25-21(27)10-17(11-22(25)28)12-23(30)26(32)33-3/h6-11,13-15,23,30-31H,4-5,12H2,1-3H3. The van der Waals surface area contributed by atoms with Crippen molar-refractivity contribution in [3.8, 4) is 17.2 Å². The molecule has 0 aliphatic heterocycles. The first-order valence-electron chi connectivity index (χ1n) is 10.9. The molecule has 3 rings (SSSR count). The first kappa shape index (κ1) is 26.2. The van der Waals surface area contributed by atoms with Gasteiger partial charge in [-0.15, -0.1) is 0 Å². The molecular weight excluding hydrogens is 566 g/mol. The molecule has 8 heteroatoms. The van der Waals surface area contributed by atoms with Crippen molar-refractivity contribution in [2.24, 2.45) is 0 Å². The van der Waals surface area contributed by atoms with Gasteiger partial charge in [0.15, 0.2) is 11.9 Å². The highest BCUT2D eigenvalue weighted by molar-refractivity contribution is 9.11. The van der Waals surface area contributed by atoms with Crippen molar-refractivity contribution in [2.45, 2.75) is 45.1 Å². The third kappa shape index (κ3) is 6.58. The lowest BCUT2D eigenvalue weighted by Crippen LogP contribution is -2.24. The quantitative estimate of drug-likeness (QED) is 0.292. The van der Waals surface area contributed by atoms with Crippen molar-refractivity contribution in [1.82, 2.24) is 4.98 Å². The Hall–Kier alpha value is -2.42. The normalized spacial score (nSPS) is 12.0. The number of phenolic OH excluding ortho intramolecular Hbond substituents is 1. The minimum Gasteiger partial charge on any atom is -0.507 e. The number of aryl methyl sites for hydroxylation is 2. The Morgan fingerprint density at radius 3 is 2.26 bits per heavy atom. The van der Waals surface area contributed by atoms with Crippen LogP contribution in [0, 0.1) is 0 Å². The Morgan fingerprint density at radius 2 is 1.68 bits per heavy atom. The molecule has 1 atom stereocenters. The van der Waals surface area contributed by atoms with Crippen LogP contribution in [0.1, 0.15) is 42.0 Å². The van der Waals surface area contributed by atoms with E-state index in [0.717, 1.165) is 28.7 Å². The van der Waals surface area contributed by atoms with Gasteiger partial charge >= 0.3 is 5.97 Å². The molecule has 0 saturated carbocycles. The summed E-state index contributed by atoms with van der Waals surface area (Å²) in [5, 5.41) is 20.8.